The molecule has 2 saturated heterocycles. The number of carbonyl (C=O) groups is 4. The summed E-state index contributed by atoms with van der Waals surface area (Å²) in [4.78, 5) is 47.9. The lowest BCUT2D eigenvalue weighted by Gasteiger charge is -2.55. The van der Waals surface area contributed by atoms with Crippen LogP contribution in [0.3, 0.4) is 0 Å². The van der Waals surface area contributed by atoms with Crippen molar-refractivity contribution in [3.8, 4) is 0 Å². The number of carboxylic acids is 1. The van der Waals surface area contributed by atoms with Crippen LogP contribution >= 0.6 is 0 Å². The molecule has 3 aliphatic carbocycles. The van der Waals surface area contributed by atoms with Crippen molar-refractivity contribution in [2.45, 2.75) is 83.5 Å². The van der Waals surface area contributed by atoms with E-state index in [2.05, 4.69) is 18.3 Å². The topological polar surface area (TPSA) is 136 Å². The Bertz CT molecular complexity index is 957. The average Bonchev–Trinajstić information content (AvgIpc) is 3.09. The Balaban J connectivity index is 1.42. The number of hydrogen-bond acceptors (Lipinski definition) is 5. The predicted molar refractivity (Wildman–Crippen MR) is 120 cm³/mol. The fourth-order valence-corrected chi connectivity index (χ4v) is 7.14. The van der Waals surface area contributed by atoms with Crippen molar-refractivity contribution >= 4 is 23.6 Å². The summed E-state index contributed by atoms with van der Waals surface area (Å²) in [6.45, 7) is 5.87. The summed E-state index contributed by atoms with van der Waals surface area (Å²) in [5.41, 5.74) is 4.86. The first-order chi connectivity index (χ1) is 15.4. The summed E-state index contributed by atoms with van der Waals surface area (Å²) in [7, 11) is 0. The fraction of sp³-hybridized carbons (Fsp3) is 0.680. The van der Waals surface area contributed by atoms with E-state index >= 15 is 0 Å². The molecule has 1 spiro atoms. The van der Waals surface area contributed by atoms with Gasteiger partial charge in [-0.2, -0.15) is 0 Å². The van der Waals surface area contributed by atoms with E-state index in [-0.39, 0.29) is 41.7 Å². The Labute approximate surface area is 194 Å². The standard InChI is InChI=1S/C25H34N2O6/c1-14(21(30)27-16(22(31)32)6-7-19(26)29)5-4-9-23(2)18(28)8-10-25-12-15-11-17(20(23)25)33-24(15,3)13-25/h5,8,10,15-17,20H,4,6-7,9,11-13H2,1-3H3,(H2,26,29)(H,27,30)(H,31,32)/b14-5+/t15-,16+,17+,20?,23-,24+,25+/m1/s1. The van der Waals surface area contributed by atoms with Crippen molar-refractivity contribution in [2.75, 3.05) is 0 Å². The molecule has 2 aliphatic heterocycles. The van der Waals surface area contributed by atoms with Crippen LogP contribution in [0, 0.1) is 22.7 Å². The van der Waals surface area contributed by atoms with Gasteiger partial charge in [0.2, 0.25) is 11.8 Å². The van der Waals surface area contributed by atoms with Crippen LogP contribution in [0.1, 0.15) is 65.7 Å². The summed E-state index contributed by atoms with van der Waals surface area (Å²) in [6.07, 6.45) is 9.76. The van der Waals surface area contributed by atoms with E-state index in [0.29, 0.717) is 24.3 Å². The maximum absolute atomic E-state index is 13.1. The van der Waals surface area contributed by atoms with Gasteiger partial charge >= 0.3 is 5.97 Å². The molecule has 0 aromatic heterocycles. The number of ether oxygens (including phenoxy) is 1. The molecule has 180 valence electrons. The average molecular weight is 459 g/mol. The third-order valence-electron chi connectivity index (χ3n) is 8.67. The largest absolute Gasteiger partial charge is 0.480 e. The van der Waals surface area contributed by atoms with Crippen molar-refractivity contribution in [2.24, 2.45) is 28.4 Å². The van der Waals surface area contributed by atoms with Crippen molar-refractivity contribution in [1.82, 2.24) is 5.32 Å². The minimum Gasteiger partial charge on any atom is -0.480 e. The van der Waals surface area contributed by atoms with Crippen molar-refractivity contribution in [3.63, 3.8) is 0 Å². The molecule has 0 radical (unpaired) electrons. The molecule has 2 amide bonds. The molecule has 2 heterocycles. The molecule has 0 aromatic carbocycles. The van der Waals surface area contributed by atoms with E-state index in [1.54, 1.807) is 19.1 Å². The summed E-state index contributed by atoms with van der Waals surface area (Å²) in [6, 6.07) is -1.18. The van der Waals surface area contributed by atoms with Crippen LogP contribution in [0.4, 0.5) is 0 Å². The molecule has 0 aromatic rings. The predicted octanol–water partition coefficient (Wildman–Crippen LogP) is 2.27. The number of primary amides is 1. The summed E-state index contributed by atoms with van der Waals surface area (Å²) >= 11 is 0. The Morgan fingerprint density at radius 3 is 2.73 bits per heavy atom. The van der Waals surface area contributed by atoms with E-state index in [0.717, 1.165) is 19.3 Å². The third-order valence-corrected chi connectivity index (χ3v) is 8.67. The number of nitrogens with one attached hydrogen (secondary N) is 1. The second kappa shape index (κ2) is 8.08. The molecule has 5 rings (SSSR count). The van der Waals surface area contributed by atoms with E-state index in [4.69, 9.17) is 10.5 Å². The second-order valence-corrected chi connectivity index (χ2v) is 10.9. The lowest BCUT2D eigenvalue weighted by atomic mass is 9.51. The molecule has 4 fully saturated rings. The highest BCUT2D eigenvalue weighted by atomic mass is 16.5. The number of rotatable bonds is 9. The fourth-order valence-electron chi connectivity index (χ4n) is 7.14. The van der Waals surface area contributed by atoms with Gasteiger partial charge in [-0.3, -0.25) is 14.4 Å². The molecule has 8 heteroatoms. The highest BCUT2D eigenvalue weighted by Crippen LogP contribution is 2.71. The van der Waals surface area contributed by atoms with Crippen LogP contribution < -0.4 is 11.1 Å². The number of hydrogen-bond donors (Lipinski definition) is 3. The van der Waals surface area contributed by atoms with Crippen LogP contribution in [-0.2, 0) is 23.9 Å². The smallest absolute Gasteiger partial charge is 0.326 e. The first kappa shape index (κ1) is 23.7. The van der Waals surface area contributed by atoms with Gasteiger partial charge in [-0.1, -0.05) is 19.1 Å². The Morgan fingerprint density at radius 2 is 2.09 bits per heavy atom. The van der Waals surface area contributed by atoms with Gasteiger partial charge < -0.3 is 20.9 Å². The molecule has 1 unspecified atom stereocenters. The molecule has 5 aliphatic rings. The first-order valence-electron chi connectivity index (χ1n) is 11.8. The van der Waals surface area contributed by atoms with Gasteiger partial charge in [0.1, 0.15) is 6.04 Å². The summed E-state index contributed by atoms with van der Waals surface area (Å²) in [5.74, 6) is -1.52. The van der Waals surface area contributed by atoms with Crippen LogP contribution in [0.15, 0.2) is 23.8 Å². The Hall–Kier alpha value is -2.48. The second-order valence-electron chi connectivity index (χ2n) is 10.9. The van der Waals surface area contributed by atoms with Gasteiger partial charge in [0.05, 0.1) is 11.7 Å². The first-order valence-corrected chi connectivity index (χ1v) is 11.8. The van der Waals surface area contributed by atoms with Crippen molar-refractivity contribution < 1.29 is 29.0 Å². The van der Waals surface area contributed by atoms with Crippen molar-refractivity contribution in [1.29, 1.82) is 0 Å². The molecular weight excluding hydrogens is 424 g/mol. The zero-order valence-corrected chi connectivity index (χ0v) is 19.6. The Morgan fingerprint density at radius 1 is 1.36 bits per heavy atom. The highest BCUT2D eigenvalue weighted by molar-refractivity contribution is 5.97. The summed E-state index contributed by atoms with van der Waals surface area (Å²) in [5, 5.41) is 11.7. The van der Waals surface area contributed by atoms with Gasteiger partial charge in [0, 0.05) is 23.3 Å². The Kier molecular flexibility index (Phi) is 5.79. The number of carbonyl (C=O) groups excluding carboxylic acids is 3. The zero-order chi connectivity index (χ0) is 24.2. The van der Waals surface area contributed by atoms with Gasteiger partial charge in [0.15, 0.2) is 5.78 Å². The van der Waals surface area contributed by atoms with E-state index in [1.165, 1.54) is 0 Å². The normalized spacial score (nSPS) is 39.4. The van der Waals surface area contributed by atoms with Crippen LogP contribution in [0.25, 0.3) is 0 Å². The van der Waals surface area contributed by atoms with Gasteiger partial charge in [-0.05, 0) is 69.8 Å². The molecule has 2 saturated carbocycles. The summed E-state index contributed by atoms with van der Waals surface area (Å²) < 4.78 is 6.46. The minimum atomic E-state index is -1.21. The monoisotopic (exact) mass is 458 g/mol. The quantitative estimate of drug-likeness (QED) is 0.454. The highest BCUT2D eigenvalue weighted by Gasteiger charge is 2.71. The van der Waals surface area contributed by atoms with Gasteiger partial charge in [-0.15, -0.1) is 0 Å². The number of amides is 2. The molecule has 4 bridgehead atoms. The van der Waals surface area contributed by atoms with Crippen molar-refractivity contribution in [3.05, 3.63) is 23.8 Å². The number of carboxylic acid groups (broad SMARTS) is 1. The van der Waals surface area contributed by atoms with E-state index in [9.17, 15) is 24.3 Å². The van der Waals surface area contributed by atoms with E-state index in [1.807, 2.05) is 6.92 Å². The minimum absolute atomic E-state index is 0.0223. The number of nitrogens with two attached hydrogens (primary N) is 1. The molecule has 7 atom stereocenters. The molecule has 8 nitrogen and oxygen atoms in total. The lowest BCUT2D eigenvalue weighted by molar-refractivity contribution is -0.168. The van der Waals surface area contributed by atoms with Crippen LogP contribution in [0.5, 0.6) is 0 Å². The number of allylic oxidation sites excluding steroid dienone is 3. The molecular formula is C25H34N2O6. The number of ketones is 1. The zero-order valence-electron chi connectivity index (χ0n) is 19.6. The maximum Gasteiger partial charge on any atom is 0.326 e. The molecule has 4 N–H and O–H groups in total. The van der Waals surface area contributed by atoms with Gasteiger partial charge in [0.25, 0.3) is 0 Å². The lowest BCUT2D eigenvalue weighted by Crippen LogP contribution is -2.56. The SMILES string of the molecule is C/C(=C\CC[C@]1(C)C(=O)C=C[C@]23C[C@H]4C[C@H](O[C@@]4(C)C2)C31)C(=O)N[C@@H](CCC(N)=O)C(=O)O. The molecule has 33 heavy (non-hydrogen) atoms. The van der Waals surface area contributed by atoms with Crippen LogP contribution in [0.2, 0.25) is 0 Å². The number of aliphatic carboxylic acids is 1. The third kappa shape index (κ3) is 3.92. The van der Waals surface area contributed by atoms with Crippen LogP contribution in [-0.4, -0.2) is 46.4 Å². The van der Waals surface area contributed by atoms with Gasteiger partial charge in [-0.25, -0.2) is 4.79 Å². The van der Waals surface area contributed by atoms with E-state index < -0.39 is 29.2 Å². The maximum atomic E-state index is 13.1.